The molecule has 0 bridgehead atoms. The van der Waals surface area contributed by atoms with Gasteiger partial charge in [0.1, 0.15) is 6.04 Å². The van der Waals surface area contributed by atoms with Gasteiger partial charge in [-0.25, -0.2) is 0 Å². The monoisotopic (exact) mass is 398 g/mol. The zero-order valence-corrected chi connectivity index (χ0v) is 16.7. The molecule has 1 heterocycles. The summed E-state index contributed by atoms with van der Waals surface area (Å²) in [5.74, 6) is -0.489. The van der Waals surface area contributed by atoms with Crippen LogP contribution in [0.4, 0.5) is 5.69 Å². The van der Waals surface area contributed by atoms with Gasteiger partial charge in [0.15, 0.2) is 5.78 Å². The summed E-state index contributed by atoms with van der Waals surface area (Å²) in [5, 5.41) is 2.90. The van der Waals surface area contributed by atoms with Gasteiger partial charge in [-0.05, 0) is 36.2 Å². The van der Waals surface area contributed by atoms with Crippen LogP contribution in [-0.4, -0.2) is 28.5 Å². The molecule has 0 aliphatic carbocycles. The minimum Gasteiger partial charge on any atom is -0.324 e. The molecule has 5 heteroatoms. The van der Waals surface area contributed by atoms with Gasteiger partial charge in [0.05, 0.1) is 0 Å². The molecule has 1 N–H and O–H groups in total. The van der Waals surface area contributed by atoms with Crippen molar-refractivity contribution in [2.24, 2.45) is 0 Å². The van der Waals surface area contributed by atoms with Crippen LogP contribution in [0.2, 0.25) is 0 Å². The minimum atomic E-state index is -0.673. The van der Waals surface area contributed by atoms with E-state index in [1.807, 2.05) is 48.5 Å². The number of anilines is 1. The molecule has 0 aromatic heterocycles. The van der Waals surface area contributed by atoms with E-state index in [2.05, 4.69) is 5.32 Å². The number of hydrogen-bond acceptors (Lipinski definition) is 3. The van der Waals surface area contributed by atoms with Crippen LogP contribution in [0.5, 0.6) is 0 Å². The smallest absolute Gasteiger partial charge is 0.255 e. The van der Waals surface area contributed by atoms with E-state index in [1.54, 1.807) is 35.2 Å². The van der Waals surface area contributed by atoms with Crippen LogP contribution in [-0.2, 0) is 17.8 Å². The van der Waals surface area contributed by atoms with Crippen molar-refractivity contribution in [2.45, 2.75) is 25.9 Å². The van der Waals surface area contributed by atoms with Crippen molar-refractivity contribution in [1.82, 2.24) is 4.90 Å². The summed E-state index contributed by atoms with van der Waals surface area (Å²) in [6.07, 6.45) is 0.402. The fourth-order valence-corrected chi connectivity index (χ4v) is 3.75. The van der Waals surface area contributed by atoms with Crippen LogP contribution in [0.1, 0.15) is 38.8 Å². The predicted molar refractivity (Wildman–Crippen MR) is 115 cm³/mol. The standard InChI is InChI=1S/C25H22N2O3/c1-17(28)19-11-7-12-21(15-19)26-24(29)23(14-18-8-3-2-4-9-18)27-16-20-10-5-6-13-22(20)25(27)30/h2-13,15,23H,14,16H2,1H3,(H,26,29)/t23-/m0/s1. The Labute approximate surface area is 175 Å². The van der Waals surface area contributed by atoms with E-state index in [-0.39, 0.29) is 17.6 Å². The van der Waals surface area contributed by atoms with Crippen LogP contribution in [0.15, 0.2) is 78.9 Å². The van der Waals surface area contributed by atoms with Crippen molar-refractivity contribution in [2.75, 3.05) is 5.32 Å². The van der Waals surface area contributed by atoms with Crippen molar-refractivity contribution in [1.29, 1.82) is 0 Å². The third kappa shape index (κ3) is 4.01. The topological polar surface area (TPSA) is 66.5 Å². The van der Waals surface area contributed by atoms with E-state index in [9.17, 15) is 14.4 Å². The van der Waals surface area contributed by atoms with Gasteiger partial charge in [0.2, 0.25) is 5.91 Å². The van der Waals surface area contributed by atoms with Crippen molar-refractivity contribution in [3.8, 4) is 0 Å². The predicted octanol–water partition coefficient (Wildman–Crippen LogP) is 4.10. The van der Waals surface area contributed by atoms with Gasteiger partial charge in [-0.1, -0.05) is 60.7 Å². The molecule has 1 aliphatic heterocycles. The zero-order valence-electron chi connectivity index (χ0n) is 16.7. The Morgan fingerprint density at radius 1 is 0.967 bits per heavy atom. The highest BCUT2D eigenvalue weighted by Gasteiger charge is 2.36. The first-order valence-corrected chi connectivity index (χ1v) is 9.87. The molecule has 3 aromatic carbocycles. The van der Waals surface area contributed by atoms with E-state index >= 15 is 0 Å². The molecule has 2 amide bonds. The number of rotatable bonds is 6. The van der Waals surface area contributed by atoms with Crippen molar-refractivity contribution >= 4 is 23.3 Å². The van der Waals surface area contributed by atoms with Crippen molar-refractivity contribution in [3.05, 3.63) is 101 Å². The fourth-order valence-electron chi connectivity index (χ4n) is 3.75. The minimum absolute atomic E-state index is 0.0721. The molecule has 0 spiro atoms. The SMILES string of the molecule is CC(=O)c1cccc(NC(=O)[C@H](Cc2ccccc2)N2Cc3ccccc3C2=O)c1. The Morgan fingerprint density at radius 2 is 1.70 bits per heavy atom. The van der Waals surface area contributed by atoms with Crippen LogP contribution >= 0.6 is 0 Å². The van der Waals surface area contributed by atoms with Gasteiger partial charge in [0, 0.05) is 29.8 Å². The van der Waals surface area contributed by atoms with E-state index in [1.165, 1.54) is 6.92 Å². The van der Waals surface area contributed by atoms with Gasteiger partial charge < -0.3 is 10.2 Å². The van der Waals surface area contributed by atoms with E-state index in [0.717, 1.165) is 11.1 Å². The number of Topliss-reactive ketones (excluding diaryl/α,β-unsaturated/α-hetero) is 1. The molecule has 0 unspecified atom stereocenters. The largest absolute Gasteiger partial charge is 0.324 e. The van der Waals surface area contributed by atoms with Crippen LogP contribution in [0, 0.1) is 0 Å². The van der Waals surface area contributed by atoms with E-state index in [0.29, 0.717) is 29.8 Å². The zero-order chi connectivity index (χ0) is 21.1. The lowest BCUT2D eigenvalue weighted by molar-refractivity contribution is -0.120. The maximum absolute atomic E-state index is 13.3. The quantitative estimate of drug-likeness (QED) is 0.636. The number of carbonyl (C=O) groups excluding carboxylic acids is 3. The molecule has 3 aromatic rings. The highest BCUT2D eigenvalue weighted by molar-refractivity contribution is 6.04. The highest BCUT2D eigenvalue weighted by Crippen LogP contribution is 2.26. The first-order valence-electron chi connectivity index (χ1n) is 9.87. The maximum Gasteiger partial charge on any atom is 0.255 e. The Hall–Kier alpha value is -3.73. The average Bonchev–Trinajstić information content (AvgIpc) is 3.09. The summed E-state index contributed by atoms with van der Waals surface area (Å²) in [6.45, 7) is 1.88. The Bertz CT molecular complexity index is 1110. The highest BCUT2D eigenvalue weighted by atomic mass is 16.2. The molecular formula is C25H22N2O3. The van der Waals surface area contributed by atoms with Gasteiger partial charge in [-0.15, -0.1) is 0 Å². The molecular weight excluding hydrogens is 376 g/mol. The number of benzene rings is 3. The lowest BCUT2D eigenvalue weighted by Crippen LogP contribution is -2.45. The lowest BCUT2D eigenvalue weighted by atomic mass is 10.0. The summed E-state index contributed by atoms with van der Waals surface area (Å²) < 4.78 is 0. The van der Waals surface area contributed by atoms with E-state index in [4.69, 9.17) is 0 Å². The summed E-state index contributed by atoms with van der Waals surface area (Å²) in [5.41, 5.74) is 3.60. The van der Waals surface area contributed by atoms with Gasteiger partial charge in [0.25, 0.3) is 5.91 Å². The number of nitrogens with zero attached hydrogens (tertiary/aromatic N) is 1. The molecule has 1 atom stereocenters. The second-order valence-corrected chi connectivity index (χ2v) is 7.42. The second-order valence-electron chi connectivity index (χ2n) is 7.42. The summed E-state index contributed by atoms with van der Waals surface area (Å²) in [6, 6.07) is 23.3. The molecule has 0 fully saturated rings. The number of nitrogens with one attached hydrogen (secondary N) is 1. The third-order valence-corrected chi connectivity index (χ3v) is 5.34. The Kier molecular flexibility index (Phi) is 5.44. The van der Waals surface area contributed by atoms with E-state index < -0.39 is 6.04 Å². The number of hydrogen-bond donors (Lipinski definition) is 1. The molecule has 0 saturated heterocycles. The molecule has 4 rings (SSSR count). The first kappa shape index (κ1) is 19.6. The van der Waals surface area contributed by atoms with Crippen molar-refractivity contribution < 1.29 is 14.4 Å². The Morgan fingerprint density at radius 3 is 2.43 bits per heavy atom. The van der Waals surface area contributed by atoms with Gasteiger partial charge in [-0.3, -0.25) is 14.4 Å². The number of fused-ring (bicyclic) bond motifs is 1. The maximum atomic E-state index is 13.3. The molecule has 1 aliphatic rings. The van der Waals surface area contributed by atoms with Crippen LogP contribution in [0.3, 0.4) is 0 Å². The van der Waals surface area contributed by atoms with Crippen molar-refractivity contribution in [3.63, 3.8) is 0 Å². The van der Waals surface area contributed by atoms with Gasteiger partial charge in [-0.2, -0.15) is 0 Å². The summed E-state index contributed by atoms with van der Waals surface area (Å²) >= 11 is 0. The third-order valence-electron chi connectivity index (χ3n) is 5.34. The average molecular weight is 398 g/mol. The van der Waals surface area contributed by atoms with Crippen LogP contribution < -0.4 is 5.32 Å². The normalized spacial score (nSPS) is 13.6. The first-order chi connectivity index (χ1) is 14.5. The molecule has 150 valence electrons. The molecule has 30 heavy (non-hydrogen) atoms. The molecule has 5 nitrogen and oxygen atoms in total. The number of ketones is 1. The Balaban J connectivity index is 1.62. The summed E-state index contributed by atoms with van der Waals surface area (Å²) in [4.78, 5) is 39.6. The van der Waals surface area contributed by atoms with Crippen LogP contribution in [0.25, 0.3) is 0 Å². The molecule has 0 saturated carbocycles. The summed E-state index contributed by atoms with van der Waals surface area (Å²) in [7, 11) is 0. The number of carbonyl (C=O) groups is 3. The van der Waals surface area contributed by atoms with Gasteiger partial charge >= 0.3 is 0 Å². The second kappa shape index (κ2) is 8.33. The lowest BCUT2D eigenvalue weighted by Gasteiger charge is -2.27. The fraction of sp³-hybridized carbons (Fsp3) is 0.160. The number of amides is 2. The molecule has 0 radical (unpaired) electrons.